The quantitative estimate of drug-likeness (QED) is 0.622. The van der Waals surface area contributed by atoms with Gasteiger partial charge in [0.15, 0.2) is 0 Å². The monoisotopic (exact) mass is 396 g/mol. The van der Waals surface area contributed by atoms with Gasteiger partial charge in [0.05, 0.1) is 6.54 Å². The molecule has 3 N–H and O–H groups in total. The highest BCUT2D eigenvalue weighted by molar-refractivity contribution is 6.01. The Morgan fingerprint density at radius 1 is 1.21 bits per heavy atom. The normalized spacial score (nSPS) is 13.7. The zero-order chi connectivity index (χ0) is 21.0. The van der Waals surface area contributed by atoms with E-state index in [9.17, 15) is 19.2 Å². The fraction of sp³-hybridized carbons (Fsp3) is 0.238. The minimum Gasteiger partial charge on any atom is -0.489 e. The van der Waals surface area contributed by atoms with Crippen molar-refractivity contribution < 1.29 is 29.0 Å². The van der Waals surface area contributed by atoms with Gasteiger partial charge >= 0.3 is 5.97 Å². The van der Waals surface area contributed by atoms with Crippen LogP contribution in [0, 0.1) is 0 Å². The fourth-order valence-electron chi connectivity index (χ4n) is 3.28. The zero-order valence-corrected chi connectivity index (χ0v) is 15.5. The number of carboxylic acids is 1. The zero-order valence-electron chi connectivity index (χ0n) is 15.5. The van der Waals surface area contributed by atoms with Crippen molar-refractivity contribution in [2.24, 2.45) is 5.73 Å². The smallest absolute Gasteiger partial charge is 0.303 e. The largest absolute Gasteiger partial charge is 0.489 e. The first-order valence-electron chi connectivity index (χ1n) is 9.01. The minimum absolute atomic E-state index is 0.0519. The molecule has 1 atom stereocenters. The van der Waals surface area contributed by atoms with E-state index in [2.05, 4.69) is 0 Å². The van der Waals surface area contributed by atoms with Gasteiger partial charge in [-0.3, -0.25) is 19.2 Å². The number of benzene rings is 2. The molecule has 2 aromatic rings. The molecule has 0 aliphatic carbocycles. The van der Waals surface area contributed by atoms with Gasteiger partial charge in [-0.2, -0.15) is 0 Å². The maximum atomic E-state index is 12.8. The molecular formula is C21H20N2O6. The number of nitrogens with two attached hydrogens (primary N) is 1. The molecule has 1 aliphatic rings. The van der Waals surface area contributed by atoms with Gasteiger partial charge < -0.3 is 20.5 Å². The second-order valence-electron chi connectivity index (χ2n) is 6.71. The first kappa shape index (κ1) is 20.1. The summed E-state index contributed by atoms with van der Waals surface area (Å²) in [6.45, 7) is 0.351. The van der Waals surface area contributed by atoms with E-state index in [-0.39, 0.29) is 31.9 Å². The standard InChI is InChI=1S/C21H20N2O6/c22-20(27)17(8-9-19(25)26)23-10-16-15(21(23)28)2-1-3-18(16)29-12-14-6-4-13(11-24)5-7-14/h1-7,11,17H,8-10,12H2,(H2,22,27)(H,25,26). The van der Waals surface area contributed by atoms with Crippen molar-refractivity contribution in [3.05, 3.63) is 64.7 Å². The Kier molecular flexibility index (Phi) is 5.92. The minimum atomic E-state index is -1.06. The number of carbonyl (C=O) groups excluding carboxylic acids is 3. The van der Waals surface area contributed by atoms with Crippen LogP contribution in [0.5, 0.6) is 5.75 Å². The van der Waals surface area contributed by atoms with Crippen molar-refractivity contribution in [1.29, 1.82) is 0 Å². The second kappa shape index (κ2) is 8.55. The van der Waals surface area contributed by atoms with Crippen molar-refractivity contribution in [2.75, 3.05) is 0 Å². The Morgan fingerprint density at radius 2 is 1.93 bits per heavy atom. The third kappa shape index (κ3) is 4.43. The Balaban J connectivity index is 1.77. The van der Waals surface area contributed by atoms with Crippen molar-refractivity contribution in [1.82, 2.24) is 4.90 Å². The van der Waals surface area contributed by atoms with E-state index in [1.807, 2.05) is 0 Å². The van der Waals surface area contributed by atoms with Crippen molar-refractivity contribution in [3.8, 4) is 5.75 Å². The predicted molar refractivity (Wildman–Crippen MR) is 102 cm³/mol. The molecule has 0 radical (unpaired) electrons. The number of aliphatic carboxylic acids is 1. The highest BCUT2D eigenvalue weighted by Gasteiger charge is 2.37. The molecule has 0 fully saturated rings. The van der Waals surface area contributed by atoms with Crippen LogP contribution in [0.1, 0.15) is 44.7 Å². The third-order valence-electron chi connectivity index (χ3n) is 4.80. The molecule has 0 bridgehead atoms. The summed E-state index contributed by atoms with van der Waals surface area (Å²) in [5.74, 6) is -1.69. The molecule has 2 amide bonds. The molecule has 29 heavy (non-hydrogen) atoms. The van der Waals surface area contributed by atoms with Crippen LogP contribution < -0.4 is 10.5 Å². The molecule has 1 heterocycles. The number of fused-ring (bicyclic) bond motifs is 1. The summed E-state index contributed by atoms with van der Waals surface area (Å²) < 4.78 is 5.87. The topological polar surface area (TPSA) is 127 Å². The second-order valence-corrected chi connectivity index (χ2v) is 6.71. The Bertz CT molecular complexity index is 954. The van der Waals surface area contributed by atoms with Crippen LogP contribution in [0.25, 0.3) is 0 Å². The first-order chi connectivity index (χ1) is 13.9. The van der Waals surface area contributed by atoms with Crippen LogP contribution in [0.3, 0.4) is 0 Å². The lowest BCUT2D eigenvalue weighted by Crippen LogP contribution is -2.45. The van der Waals surface area contributed by atoms with Crippen molar-refractivity contribution in [2.45, 2.75) is 32.0 Å². The van der Waals surface area contributed by atoms with Crippen LogP contribution in [-0.4, -0.2) is 40.1 Å². The summed E-state index contributed by atoms with van der Waals surface area (Å²) in [5.41, 5.74) is 7.86. The molecule has 0 saturated carbocycles. The molecule has 1 unspecified atom stereocenters. The van der Waals surface area contributed by atoms with Crippen LogP contribution in [0.4, 0.5) is 0 Å². The molecule has 8 heteroatoms. The van der Waals surface area contributed by atoms with E-state index < -0.39 is 17.9 Å². The lowest BCUT2D eigenvalue weighted by atomic mass is 10.1. The number of nitrogens with zero attached hydrogens (tertiary/aromatic N) is 1. The van der Waals surface area contributed by atoms with Crippen molar-refractivity contribution in [3.63, 3.8) is 0 Å². The molecule has 150 valence electrons. The molecule has 0 spiro atoms. The summed E-state index contributed by atoms with van der Waals surface area (Å²) in [7, 11) is 0. The molecule has 0 aromatic heterocycles. The molecule has 2 aromatic carbocycles. The van der Waals surface area contributed by atoms with Gasteiger partial charge in [0.25, 0.3) is 5.91 Å². The first-order valence-corrected chi connectivity index (χ1v) is 9.01. The van der Waals surface area contributed by atoms with Gasteiger partial charge in [-0.25, -0.2) is 0 Å². The van der Waals surface area contributed by atoms with Crippen LogP contribution >= 0.6 is 0 Å². The number of ether oxygens (including phenoxy) is 1. The maximum absolute atomic E-state index is 12.8. The molecule has 8 nitrogen and oxygen atoms in total. The summed E-state index contributed by atoms with van der Waals surface area (Å²) in [4.78, 5) is 47.5. The lowest BCUT2D eigenvalue weighted by molar-refractivity contribution is -0.137. The van der Waals surface area contributed by atoms with Gasteiger partial charge in [-0.15, -0.1) is 0 Å². The summed E-state index contributed by atoms with van der Waals surface area (Å²) in [6.07, 6.45) is 0.436. The van der Waals surface area contributed by atoms with E-state index in [4.69, 9.17) is 15.6 Å². The van der Waals surface area contributed by atoms with Crippen LogP contribution in [-0.2, 0) is 22.7 Å². The SMILES string of the molecule is NC(=O)C(CCC(=O)O)N1Cc2c(OCc3ccc(C=O)cc3)cccc2C1=O. The fourth-order valence-corrected chi connectivity index (χ4v) is 3.28. The number of carbonyl (C=O) groups is 4. The average molecular weight is 396 g/mol. The lowest BCUT2D eigenvalue weighted by Gasteiger charge is -2.24. The Morgan fingerprint density at radius 3 is 2.55 bits per heavy atom. The molecule has 1 aliphatic heterocycles. The summed E-state index contributed by atoms with van der Waals surface area (Å²) in [5, 5.41) is 8.89. The number of rotatable bonds is 9. The van der Waals surface area contributed by atoms with Crippen molar-refractivity contribution >= 4 is 24.1 Å². The Labute approximate surface area is 166 Å². The van der Waals surface area contributed by atoms with E-state index in [0.29, 0.717) is 22.4 Å². The van der Waals surface area contributed by atoms with Gasteiger partial charge in [0, 0.05) is 23.1 Å². The number of hydrogen-bond donors (Lipinski definition) is 2. The van der Waals surface area contributed by atoms with Crippen LogP contribution in [0.15, 0.2) is 42.5 Å². The Hall–Kier alpha value is -3.68. The van der Waals surface area contributed by atoms with E-state index in [1.165, 1.54) is 4.90 Å². The highest BCUT2D eigenvalue weighted by atomic mass is 16.5. The number of aldehydes is 1. The average Bonchev–Trinajstić information content (AvgIpc) is 3.03. The van der Waals surface area contributed by atoms with Crippen LogP contribution in [0.2, 0.25) is 0 Å². The highest BCUT2D eigenvalue weighted by Crippen LogP contribution is 2.33. The van der Waals surface area contributed by atoms with Gasteiger partial charge in [-0.1, -0.05) is 30.3 Å². The van der Waals surface area contributed by atoms with E-state index >= 15 is 0 Å². The number of carboxylic acid groups (broad SMARTS) is 1. The maximum Gasteiger partial charge on any atom is 0.303 e. The van der Waals surface area contributed by atoms with Gasteiger partial charge in [-0.05, 0) is 24.1 Å². The van der Waals surface area contributed by atoms with E-state index in [0.717, 1.165) is 11.8 Å². The number of primary amides is 1. The van der Waals surface area contributed by atoms with Gasteiger partial charge in [0.2, 0.25) is 5.91 Å². The molecule has 3 rings (SSSR count). The molecular weight excluding hydrogens is 376 g/mol. The number of hydrogen-bond acceptors (Lipinski definition) is 5. The summed E-state index contributed by atoms with van der Waals surface area (Å²) in [6, 6.07) is 11.0. The number of amides is 2. The van der Waals surface area contributed by atoms with E-state index in [1.54, 1.807) is 42.5 Å². The predicted octanol–water partition coefficient (Wildman–Crippen LogP) is 1.75. The third-order valence-corrected chi connectivity index (χ3v) is 4.80. The molecule has 0 saturated heterocycles. The summed E-state index contributed by atoms with van der Waals surface area (Å²) >= 11 is 0. The van der Waals surface area contributed by atoms with Gasteiger partial charge in [0.1, 0.15) is 24.7 Å².